The van der Waals surface area contributed by atoms with E-state index in [1.54, 1.807) is 0 Å². The van der Waals surface area contributed by atoms with E-state index in [-0.39, 0.29) is 0 Å². The summed E-state index contributed by atoms with van der Waals surface area (Å²) in [6.07, 6.45) is 9.54. The van der Waals surface area contributed by atoms with Crippen LogP contribution in [0.3, 0.4) is 0 Å². The minimum Gasteiger partial charge on any atom is -0.378 e. The number of likely N-dealkylation sites (tertiary alicyclic amines) is 1. The summed E-state index contributed by atoms with van der Waals surface area (Å²) in [6, 6.07) is 0. The first-order chi connectivity index (χ1) is 10.7. The van der Waals surface area contributed by atoms with Gasteiger partial charge in [0.05, 0.1) is 6.10 Å². The topological polar surface area (TPSA) is 32.8 Å². The third-order valence-corrected chi connectivity index (χ3v) is 5.43. The van der Waals surface area contributed by atoms with Gasteiger partial charge in [-0.3, -0.25) is 4.79 Å². The lowest BCUT2D eigenvalue weighted by molar-refractivity contribution is -0.131. The molecule has 3 aliphatic rings. The third-order valence-electron chi connectivity index (χ3n) is 5.43. The summed E-state index contributed by atoms with van der Waals surface area (Å²) >= 11 is 0. The Kier molecular flexibility index (Phi) is 5.75. The molecule has 0 bridgehead atoms. The Morgan fingerprint density at radius 2 is 1.95 bits per heavy atom. The van der Waals surface area contributed by atoms with Crippen LogP contribution in [0.15, 0.2) is 0 Å². The first-order valence-electron chi connectivity index (χ1n) is 9.28. The van der Waals surface area contributed by atoms with E-state index in [1.807, 2.05) is 0 Å². The fourth-order valence-electron chi connectivity index (χ4n) is 3.94. The van der Waals surface area contributed by atoms with Crippen molar-refractivity contribution < 1.29 is 9.53 Å². The van der Waals surface area contributed by atoms with Gasteiger partial charge in [0.1, 0.15) is 0 Å². The van der Waals surface area contributed by atoms with Gasteiger partial charge in [-0.2, -0.15) is 0 Å². The maximum Gasteiger partial charge on any atom is 0.222 e. The molecule has 2 heterocycles. The van der Waals surface area contributed by atoms with Crippen LogP contribution in [-0.4, -0.2) is 61.6 Å². The van der Waals surface area contributed by atoms with E-state index in [4.69, 9.17) is 4.74 Å². The minimum atomic E-state index is 0.334. The molecule has 1 saturated carbocycles. The van der Waals surface area contributed by atoms with Crippen molar-refractivity contribution in [3.05, 3.63) is 0 Å². The highest BCUT2D eigenvalue weighted by Crippen LogP contribution is 2.30. The van der Waals surface area contributed by atoms with E-state index < -0.39 is 0 Å². The van der Waals surface area contributed by atoms with Gasteiger partial charge >= 0.3 is 0 Å². The lowest BCUT2D eigenvalue weighted by atomic mass is 10.0. The van der Waals surface area contributed by atoms with Gasteiger partial charge in [0, 0.05) is 39.2 Å². The zero-order valence-corrected chi connectivity index (χ0v) is 14.1. The first kappa shape index (κ1) is 16.3. The zero-order valence-electron chi connectivity index (χ0n) is 14.1. The average molecular weight is 308 g/mol. The van der Waals surface area contributed by atoms with E-state index >= 15 is 0 Å². The molecule has 4 heteroatoms. The molecular formula is C18H32N2O2. The van der Waals surface area contributed by atoms with Gasteiger partial charge < -0.3 is 14.5 Å². The number of rotatable bonds is 7. The van der Waals surface area contributed by atoms with Gasteiger partial charge in [-0.25, -0.2) is 0 Å². The molecule has 0 unspecified atom stereocenters. The Morgan fingerprint density at radius 3 is 2.68 bits per heavy atom. The van der Waals surface area contributed by atoms with Crippen LogP contribution in [0.2, 0.25) is 0 Å². The summed E-state index contributed by atoms with van der Waals surface area (Å²) in [5.41, 5.74) is 0. The van der Waals surface area contributed by atoms with Crippen molar-refractivity contribution in [2.45, 2.75) is 57.5 Å². The Hall–Kier alpha value is -0.610. The highest BCUT2D eigenvalue weighted by atomic mass is 16.5. The van der Waals surface area contributed by atoms with Gasteiger partial charge in [0.15, 0.2) is 0 Å². The number of carbonyl (C=O) groups excluding carboxylic acids is 1. The van der Waals surface area contributed by atoms with Crippen LogP contribution in [0.5, 0.6) is 0 Å². The number of nitrogens with zero attached hydrogens (tertiary/aromatic N) is 2. The Labute approximate surface area is 135 Å². The van der Waals surface area contributed by atoms with Crippen molar-refractivity contribution in [1.82, 2.24) is 9.80 Å². The van der Waals surface area contributed by atoms with Gasteiger partial charge in [-0.05, 0) is 63.8 Å². The fourth-order valence-corrected chi connectivity index (χ4v) is 3.94. The predicted molar refractivity (Wildman–Crippen MR) is 87.7 cm³/mol. The van der Waals surface area contributed by atoms with E-state index in [0.717, 1.165) is 45.0 Å². The monoisotopic (exact) mass is 308 g/mol. The number of ether oxygens (including phenoxy) is 1. The van der Waals surface area contributed by atoms with Gasteiger partial charge in [-0.15, -0.1) is 0 Å². The average Bonchev–Trinajstić information content (AvgIpc) is 3.21. The molecule has 0 spiro atoms. The molecule has 1 amide bonds. The maximum atomic E-state index is 12.4. The van der Waals surface area contributed by atoms with Crippen LogP contribution in [0.4, 0.5) is 0 Å². The first-order valence-corrected chi connectivity index (χ1v) is 9.28. The standard InChI is InChI=1S/C18H32N2O2/c1-19(12-15-5-6-15)13-16-9-10-20(14-16)18(21)8-7-17-4-2-3-11-22-17/h15-17H,2-14H2,1H3/t16-,17-/m0/s1. The summed E-state index contributed by atoms with van der Waals surface area (Å²) in [4.78, 5) is 16.9. The Bertz CT molecular complexity index is 364. The second-order valence-corrected chi connectivity index (χ2v) is 7.69. The Balaban J connectivity index is 1.33. The van der Waals surface area contributed by atoms with Crippen LogP contribution in [-0.2, 0) is 9.53 Å². The molecule has 1 aliphatic carbocycles. The second kappa shape index (κ2) is 7.78. The van der Waals surface area contributed by atoms with Crippen molar-refractivity contribution >= 4 is 5.91 Å². The molecule has 3 rings (SSSR count). The largest absolute Gasteiger partial charge is 0.378 e. The molecule has 0 aromatic carbocycles. The zero-order chi connectivity index (χ0) is 15.4. The van der Waals surface area contributed by atoms with Gasteiger partial charge in [0.2, 0.25) is 5.91 Å². The normalized spacial score (nSPS) is 29.3. The Morgan fingerprint density at radius 1 is 1.14 bits per heavy atom. The summed E-state index contributed by atoms with van der Waals surface area (Å²) in [7, 11) is 2.24. The molecule has 2 atom stereocenters. The van der Waals surface area contributed by atoms with Crippen molar-refractivity contribution in [1.29, 1.82) is 0 Å². The molecule has 2 saturated heterocycles. The highest BCUT2D eigenvalue weighted by Gasteiger charge is 2.29. The quantitative estimate of drug-likeness (QED) is 0.724. The van der Waals surface area contributed by atoms with E-state index in [1.165, 1.54) is 38.6 Å². The number of hydrogen-bond acceptors (Lipinski definition) is 3. The van der Waals surface area contributed by atoms with Gasteiger partial charge in [0.25, 0.3) is 0 Å². The fraction of sp³-hybridized carbons (Fsp3) is 0.944. The summed E-state index contributed by atoms with van der Waals surface area (Å²) in [6.45, 7) is 5.24. The predicted octanol–water partition coefficient (Wildman–Crippen LogP) is 2.53. The molecular weight excluding hydrogens is 276 g/mol. The summed E-state index contributed by atoms with van der Waals surface area (Å²) in [5.74, 6) is 1.99. The number of hydrogen-bond donors (Lipinski definition) is 0. The molecule has 0 aromatic heterocycles. The van der Waals surface area contributed by atoms with Crippen molar-refractivity contribution in [3.63, 3.8) is 0 Å². The van der Waals surface area contributed by atoms with Crippen LogP contribution in [0.25, 0.3) is 0 Å². The SMILES string of the molecule is CN(CC1CC1)C[C@@H]1CCN(C(=O)CC[C@@H]2CCCCO2)C1. The van der Waals surface area contributed by atoms with E-state index in [2.05, 4.69) is 16.8 Å². The van der Waals surface area contributed by atoms with Crippen LogP contribution in [0, 0.1) is 11.8 Å². The van der Waals surface area contributed by atoms with Crippen LogP contribution < -0.4 is 0 Å². The smallest absolute Gasteiger partial charge is 0.222 e. The molecule has 2 aliphatic heterocycles. The molecule has 0 radical (unpaired) electrons. The number of carbonyl (C=O) groups is 1. The van der Waals surface area contributed by atoms with Crippen molar-refractivity contribution in [2.75, 3.05) is 39.8 Å². The number of amides is 1. The maximum absolute atomic E-state index is 12.4. The summed E-state index contributed by atoms with van der Waals surface area (Å²) < 4.78 is 5.73. The van der Waals surface area contributed by atoms with E-state index in [9.17, 15) is 4.79 Å². The van der Waals surface area contributed by atoms with Crippen molar-refractivity contribution in [2.24, 2.45) is 11.8 Å². The summed E-state index contributed by atoms with van der Waals surface area (Å²) in [5, 5.41) is 0. The van der Waals surface area contributed by atoms with Crippen LogP contribution in [0.1, 0.15) is 51.4 Å². The van der Waals surface area contributed by atoms with E-state index in [0.29, 0.717) is 24.3 Å². The van der Waals surface area contributed by atoms with Crippen molar-refractivity contribution in [3.8, 4) is 0 Å². The molecule has 3 fully saturated rings. The third kappa shape index (κ3) is 4.95. The van der Waals surface area contributed by atoms with Crippen LogP contribution >= 0.6 is 0 Å². The molecule has 22 heavy (non-hydrogen) atoms. The molecule has 0 aromatic rings. The molecule has 126 valence electrons. The second-order valence-electron chi connectivity index (χ2n) is 7.69. The highest BCUT2D eigenvalue weighted by molar-refractivity contribution is 5.76. The molecule has 0 N–H and O–H groups in total. The lowest BCUT2D eigenvalue weighted by Gasteiger charge is -2.24. The minimum absolute atomic E-state index is 0.334. The van der Waals surface area contributed by atoms with Gasteiger partial charge in [-0.1, -0.05) is 0 Å². The molecule has 4 nitrogen and oxygen atoms in total. The lowest BCUT2D eigenvalue weighted by Crippen LogP contribution is -2.33.